The highest BCUT2D eigenvalue weighted by Gasteiger charge is 2.57. The molecule has 1 amide bonds. The summed E-state index contributed by atoms with van der Waals surface area (Å²) in [5, 5.41) is 9.74. The second-order valence-corrected chi connectivity index (χ2v) is 5.80. The normalized spacial score (nSPS) is 40.6. The first-order chi connectivity index (χ1) is 9.25. The minimum Gasteiger partial charge on any atom is -0.393 e. The number of hydrogen-bond donors (Lipinski definition) is 1. The van der Waals surface area contributed by atoms with Crippen molar-refractivity contribution in [3.63, 3.8) is 0 Å². The van der Waals surface area contributed by atoms with E-state index < -0.39 is 0 Å². The Bertz CT molecular complexity index is 503. The number of amides is 1. The topological polar surface area (TPSA) is 49.8 Å². The summed E-state index contributed by atoms with van der Waals surface area (Å²) in [6, 6.07) is 10.1. The Hall–Kier alpha value is -1.39. The van der Waals surface area contributed by atoms with E-state index >= 15 is 0 Å². The van der Waals surface area contributed by atoms with Crippen molar-refractivity contribution in [1.82, 2.24) is 4.90 Å². The molecule has 0 spiro atoms. The number of benzene rings is 1. The third-order valence-corrected chi connectivity index (χ3v) is 4.77. The highest BCUT2D eigenvalue weighted by Crippen LogP contribution is 2.49. The Labute approximate surface area is 112 Å². The minimum absolute atomic E-state index is 0.00936. The van der Waals surface area contributed by atoms with Gasteiger partial charge < -0.3 is 14.7 Å². The molecule has 4 heteroatoms. The van der Waals surface area contributed by atoms with Gasteiger partial charge in [0, 0.05) is 11.5 Å². The zero-order valence-electron chi connectivity index (χ0n) is 10.6. The molecule has 100 valence electrons. The van der Waals surface area contributed by atoms with Gasteiger partial charge in [0.1, 0.15) is 0 Å². The number of hydrogen-bond acceptors (Lipinski definition) is 3. The summed E-state index contributed by atoms with van der Waals surface area (Å²) in [4.78, 5) is 14.4. The maximum atomic E-state index is 12.5. The first kappa shape index (κ1) is 11.4. The summed E-state index contributed by atoms with van der Waals surface area (Å²) in [6.07, 6.45) is 0.818. The average molecular weight is 259 g/mol. The molecule has 2 heterocycles. The van der Waals surface area contributed by atoms with Gasteiger partial charge in [0.05, 0.1) is 18.8 Å². The van der Waals surface area contributed by atoms with E-state index in [4.69, 9.17) is 4.74 Å². The molecule has 4 rings (SSSR count). The molecule has 0 aromatic heterocycles. The molecule has 1 saturated carbocycles. The van der Waals surface area contributed by atoms with E-state index in [0.29, 0.717) is 13.0 Å². The summed E-state index contributed by atoms with van der Waals surface area (Å²) in [5.74, 6) is 0.448. The van der Waals surface area contributed by atoms with Gasteiger partial charge in [0.15, 0.2) is 6.23 Å². The standard InChI is InChI=1S/C15H17NO3/c17-10-6-11-12(7-10)14(18)16-13(11)8-19-15(16)9-4-2-1-3-5-9/h1-5,10-13,15,17H,6-8H2/t10?,11-,12?,13?,15?/m0/s1. The Morgan fingerprint density at radius 1 is 1.21 bits per heavy atom. The molecule has 2 saturated heterocycles. The predicted octanol–water partition coefficient (Wildman–Crippen LogP) is 1.31. The van der Waals surface area contributed by atoms with Crippen molar-refractivity contribution in [3.8, 4) is 0 Å². The van der Waals surface area contributed by atoms with Crippen LogP contribution in [0.5, 0.6) is 0 Å². The summed E-state index contributed by atoms with van der Waals surface area (Å²) in [5.41, 5.74) is 1.04. The number of carbonyl (C=O) groups is 1. The van der Waals surface area contributed by atoms with Gasteiger partial charge in [-0.25, -0.2) is 0 Å². The fourth-order valence-corrected chi connectivity index (χ4v) is 3.95. The molecule has 4 nitrogen and oxygen atoms in total. The van der Waals surface area contributed by atoms with Crippen molar-refractivity contribution < 1.29 is 14.6 Å². The van der Waals surface area contributed by atoms with E-state index in [9.17, 15) is 9.90 Å². The number of nitrogens with zero attached hydrogens (tertiary/aromatic N) is 1. The molecule has 2 aliphatic heterocycles. The molecule has 3 fully saturated rings. The molecule has 4 unspecified atom stereocenters. The predicted molar refractivity (Wildman–Crippen MR) is 68.0 cm³/mol. The fraction of sp³-hybridized carbons (Fsp3) is 0.533. The molecule has 0 bridgehead atoms. The van der Waals surface area contributed by atoms with Gasteiger partial charge in [-0.2, -0.15) is 0 Å². The van der Waals surface area contributed by atoms with Gasteiger partial charge >= 0.3 is 0 Å². The van der Waals surface area contributed by atoms with E-state index in [1.165, 1.54) is 0 Å². The molecule has 19 heavy (non-hydrogen) atoms. The lowest BCUT2D eigenvalue weighted by Gasteiger charge is -2.24. The fourth-order valence-electron chi connectivity index (χ4n) is 3.95. The molecule has 5 atom stereocenters. The monoisotopic (exact) mass is 259 g/mol. The molecule has 1 aliphatic carbocycles. The van der Waals surface area contributed by atoms with Crippen molar-refractivity contribution >= 4 is 5.91 Å². The van der Waals surface area contributed by atoms with Crippen molar-refractivity contribution in [2.24, 2.45) is 11.8 Å². The smallest absolute Gasteiger partial charge is 0.228 e. The quantitative estimate of drug-likeness (QED) is 0.827. The van der Waals surface area contributed by atoms with Crippen LogP contribution >= 0.6 is 0 Å². The minimum atomic E-state index is -0.308. The van der Waals surface area contributed by atoms with Gasteiger partial charge in [-0.15, -0.1) is 0 Å². The Morgan fingerprint density at radius 2 is 2.00 bits per heavy atom. The SMILES string of the molecule is O=C1C2CC(O)C[C@@H]2C2COC(c3ccccc3)N12. The number of ether oxygens (including phenoxy) is 1. The average Bonchev–Trinajstić information content (AvgIpc) is 3.06. The molecule has 0 radical (unpaired) electrons. The number of carbonyl (C=O) groups excluding carboxylic acids is 1. The van der Waals surface area contributed by atoms with Crippen LogP contribution in [-0.4, -0.2) is 34.7 Å². The summed E-state index contributed by atoms with van der Waals surface area (Å²) in [6.45, 7) is 0.596. The molecular formula is C15H17NO3. The van der Waals surface area contributed by atoms with Crippen molar-refractivity contribution in [2.75, 3.05) is 6.61 Å². The van der Waals surface area contributed by atoms with Gasteiger partial charge in [-0.1, -0.05) is 30.3 Å². The number of aliphatic hydroxyl groups is 1. The second kappa shape index (κ2) is 4.05. The zero-order chi connectivity index (χ0) is 13.0. The lowest BCUT2D eigenvalue weighted by Crippen LogP contribution is -2.34. The zero-order valence-corrected chi connectivity index (χ0v) is 10.6. The van der Waals surface area contributed by atoms with Gasteiger partial charge in [0.25, 0.3) is 0 Å². The van der Waals surface area contributed by atoms with Crippen LogP contribution in [0, 0.1) is 11.8 Å². The van der Waals surface area contributed by atoms with Crippen LogP contribution in [0.2, 0.25) is 0 Å². The second-order valence-electron chi connectivity index (χ2n) is 5.80. The van der Waals surface area contributed by atoms with E-state index in [1.807, 2.05) is 35.2 Å². The third kappa shape index (κ3) is 1.56. The van der Waals surface area contributed by atoms with Crippen LogP contribution in [0.25, 0.3) is 0 Å². The molecule has 3 aliphatic rings. The number of rotatable bonds is 1. The van der Waals surface area contributed by atoms with Gasteiger partial charge in [-0.05, 0) is 18.8 Å². The molecule has 1 aromatic carbocycles. The maximum Gasteiger partial charge on any atom is 0.228 e. The maximum absolute atomic E-state index is 12.5. The Kier molecular flexibility index (Phi) is 2.44. The van der Waals surface area contributed by atoms with Crippen LogP contribution in [-0.2, 0) is 9.53 Å². The van der Waals surface area contributed by atoms with E-state index in [2.05, 4.69) is 0 Å². The third-order valence-electron chi connectivity index (χ3n) is 4.77. The van der Waals surface area contributed by atoms with Gasteiger partial charge in [0.2, 0.25) is 5.91 Å². The van der Waals surface area contributed by atoms with E-state index in [-0.39, 0.29) is 36.1 Å². The number of fused-ring (bicyclic) bond motifs is 3. The Balaban J connectivity index is 1.65. The number of aliphatic hydroxyl groups excluding tert-OH is 1. The van der Waals surface area contributed by atoms with Crippen molar-refractivity contribution in [2.45, 2.75) is 31.2 Å². The molecule has 1 aromatic rings. The first-order valence-corrected chi connectivity index (χ1v) is 6.92. The van der Waals surface area contributed by atoms with Crippen molar-refractivity contribution in [3.05, 3.63) is 35.9 Å². The molecule has 1 N–H and O–H groups in total. The van der Waals surface area contributed by atoms with Crippen LogP contribution in [0.1, 0.15) is 24.6 Å². The summed E-state index contributed by atoms with van der Waals surface area (Å²) >= 11 is 0. The van der Waals surface area contributed by atoms with Crippen LogP contribution < -0.4 is 0 Å². The lowest BCUT2D eigenvalue weighted by atomic mass is 9.94. The molecular weight excluding hydrogens is 242 g/mol. The van der Waals surface area contributed by atoms with Crippen LogP contribution in [0.3, 0.4) is 0 Å². The largest absolute Gasteiger partial charge is 0.393 e. The first-order valence-electron chi connectivity index (χ1n) is 6.92. The van der Waals surface area contributed by atoms with Crippen molar-refractivity contribution in [1.29, 1.82) is 0 Å². The van der Waals surface area contributed by atoms with E-state index in [0.717, 1.165) is 12.0 Å². The van der Waals surface area contributed by atoms with Crippen LogP contribution in [0.4, 0.5) is 0 Å². The highest BCUT2D eigenvalue weighted by molar-refractivity contribution is 5.83. The highest BCUT2D eigenvalue weighted by atomic mass is 16.5. The lowest BCUT2D eigenvalue weighted by molar-refractivity contribution is -0.137. The van der Waals surface area contributed by atoms with E-state index in [1.54, 1.807) is 0 Å². The summed E-state index contributed by atoms with van der Waals surface area (Å²) < 4.78 is 5.84. The van der Waals surface area contributed by atoms with Gasteiger partial charge in [-0.3, -0.25) is 4.79 Å². The summed E-state index contributed by atoms with van der Waals surface area (Å²) in [7, 11) is 0. The van der Waals surface area contributed by atoms with Crippen LogP contribution in [0.15, 0.2) is 30.3 Å². The Morgan fingerprint density at radius 3 is 2.79 bits per heavy atom.